The molecule has 4 nitrogen and oxygen atoms in total. The summed E-state index contributed by atoms with van der Waals surface area (Å²) in [5.41, 5.74) is -0.163. The Bertz CT molecular complexity index is 468. The van der Waals surface area contributed by atoms with Gasteiger partial charge in [0.05, 0.1) is 5.60 Å². The lowest BCUT2D eigenvalue weighted by Gasteiger charge is -2.37. The van der Waals surface area contributed by atoms with Crippen molar-refractivity contribution < 1.29 is 14.6 Å². The molecule has 0 aromatic heterocycles. The van der Waals surface area contributed by atoms with Crippen LogP contribution in [0.1, 0.15) is 39.2 Å². The van der Waals surface area contributed by atoms with Crippen LogP contribution in [0, 0.1) is 5.41 Å². The van der Waals surface area contributed by atoms with Gasteiger partial charge in [0, 0.05) is 11.5 Å². The fourth-order valence-corrected chi connectivity index (χ4v) is 2.64. The molecule has 1 aromatic carbocycles. The lowest BCUT2D eigenvalue weighted by Crippen LogP contribution is -2.49. The second kappa shape index (κ2) is 5.44. The standard InChI is InChI=1S/C16H23NO3/c1-15(2)13(9-10-16(15,3)19)17-14(18)20-11-12-7-5-4-6-8-12/h4-8,13,19H,9-11H2,1-3H3,(H,17,18)/t13-,16-/m0/s1. The van der Waals surface area contributed by atoms with Gasteiger partial charge in [-0.1, -0.05) is 44.2 Å². The molecule has 1 fully saturated rings. The van der Waals surface area contributed by atoms with Gasteiger partial charge in [-0.2, -0.15) is 0 Å². The molecule has 0 bridgehead atoms. The number of hydrogen-bond acceptors (Lipinski definition) is 3. The molecular weight excluding hydrogens is 254 g/mol. The summed E-state index contributed by atoms with van der Waals surface area (Å²) in [5, 5.41) is 13.2. The van der Waals surface area contributed by atoms with E-state index in [-0.39, 0.29) is 18.1 Å². The van der Waals surface area contributed by atoms with E-state index in [1.807, 2.05) is 51.1 Å². The minimum Gasteiger partial charge on any atom is -0.445 e. The van der Waals surface area contributed by atoms with Gasteiger partial charge in [-0.05, 0) is 25.3 Å². The Hall–Kier alpha value is -1.55. The second-order valence-corrected chi connectivity index (χ2v) is 6.29. The van der Waals surface area contributed by atoms with Crippen LogP contribution >= 0.6 is 0 Å². The lowest BCUT2D eigenvalue weighted by atomic mass is 9.77. The highest BCUT2D eigenvalue weighted by atomic mass is 16.5. The van der Waals surface area contributed by atoms with Gasteiger partial charge in [-0.15, -0.1) is 0 Å². The lowest BCUT2D eigenvalue weighted by molar-refractivity contribution is -0.0343. The average Bonchev–Trinajstić information content (AvgIpc) is 2.60. The molecule has 1 saturated carbocycles. The third-order valence-electron chi connectivity index (χ3n) is 4.68. The average molecular weight is 277 g/mol. The van der Waals surface area contributed by atoms with Crippen molar-refractivity contribution in [2.75, 3.05) is 0 Å². The molecule has 2 N–H and O–H groups in total. The summed E-state index contributed by atoms with van der Waals surface area (Å²) in [6.07, 6.45) is 1.02. The van der Waals surface area contributed by atoms with E-state index in [0.29, 0.717) is 6.42 Å². The van der Waals surface area contributed by atoms with Crippen molar-refractivity contribution in [3.8, 4) is 0 Å². The van der Waals surface area contributed by atoms with E-state index < -0.39 is 11.7 Å². The van der Waals surface area contributed by atoms with Crippen LogP contribution in [0.25, 0.3) is 0 Å². The van der Waals surface area contributed by atoms with Crippen LogP contribution in [0.5, 0.6) is 0 Å². The van der Waals surface area contributed by atoms with Crippen molar-refractivity contribution >= 4 is 6.09 Å². The summed E-state index contributed by atoms with van der Waals surface area (Å²) in [7, 11) is 0. The summed E-state index contributed by atoms with van der Waals surface area (Å²) in [4.78, 5) is 11.9. The highest BCUT2D eigenvalue weighted by Crippen LogP contribution is 2.45. The van der Waals surface area contributed by atoms with Crippen LogP contribution in [0.4, 0.5) is 4.79 Å². The Morgan fingerprint density at radius 3 is 2.55 bits per heavy atom. The zero-order valence-corrected chi connectivity index (χ0v) is 12.3. The maximum absolute atomic E-state index is 11.9. The maximum Gasteiger partial charge on any atom is 0.407 e. The van der Waals surface area contributed by atoms with Crippen LogP contribution in [0.2, 0.25) is 0 Å². The summed E-state index contributed by atoms with van der Waals surface area (Å²) in [6, 6.07) is 9.50. The topological polar surface area (TPSA) is 58.6 Å². The van der Waals surface area contributed by atoms with Gasteiger partial charge >= 0.3 is 6.09 Å². The van der Waals surface area contributed by atoms with Crippen molar-refractivity contribution in [3.05, 3.63) is 35.9 Å². The highest BCUT2D eigenvalue weighted by molar-refractivity contribution is 5.67. The summed E-state index contributed by atoms with van der Waals surface area (Å²) >= 11 is 0. The monoisotopic (exact) mass is 277 g/mol. The molecule has 1 aliphatic carbocycles. The number of rotatable bonds is 3. The molecule has 0 radical (unpaired) electrons. The smallest absolute Gasteiger partial charge is 0.407 e. The highest BCUT2D eigenvalue weighted by Gasteiger charge is 2.51. The van der Waals surface area contributed by atoms with E-state index in [2.05, 4.69) is 5.32 Å². The van der Waals surface area contributed by atoms with Crippen molar-refractivity contribution in [2.45, 2.75) is 51.9 Å². The fourth-order valence-electron chi connectivity index (χ4n) is 2.64. The fraction of sp³-hybridized carbons (Fsp3) is 0.562. The van der Waals surface area contributed by atoms with Crippen LogP contribution in [-0.4, -0.2) is 22.8 Å². The molecule has 1 aliphatic rings. The molecule has 1 aromatic rings. The van der Waals surface area contributed by atoms with Gasteiger partial charge in [0.25, 0.3) is 0 Å². The van der Waals surface area contributed by atoms with Gasteiger partial charge < -0.3 is 15.2 Å². The quantitative estimate of drug-likeness (QED) is 0.893. The van der Waals surface area contributed by atoms with E-state index in [9.17, 15) is 9.90 Å². The summed E-state index contributed by atoms with van der Waals surface area (Å²) in [5.74, 6) is 0. The molecule has 1 amide bonds. The van der Waals surface area contributed by atoms with Crippen molar-refractivity contribution in [1.82, 2.24) is 5.32 Å². The normalized spacial score (nSPS) is 28.1. The predicted molar refractivity (Wildman–Crippen MR) is 77.2 cm³/mol. The Balaban J connectivity index is 1.87. The van der Waals surface area contributed by atoms with Crippen LogP contribution in [0.15, 0.2) is 30.3 Å². The van der Waals surface area contributed by atoms with Gasteiger partial charge in [-0.3, -0.25) is 0 Å². The third kappa shape index (κ3) is 2.96. The third-order valence-corrected chi connectivity index (χ3v) is 4.68. The SMILES string of the molecule is CC1(C)[C@@H](NC(=O)OCc2ccccc2)CC[C@]1(C)O. The molecule has 20 heavy (non-hydrogen) atoms. The maximum atomic E-state index is 11.9. The zero-order chi connectivity index (χ0) is 14.8. The first-order valence-electron chi connectivity index (χ1n) is 7.02. The number of alkyl carbamates (subject to hydrolysis) is 1. The summed E-state index contributed by atoms with van der Waals surface area (Å²) in [6.45, 7) is 6.03. The van der Waals surface area contributed by atoms with Gasteiger partial charge in [-0.25, -0.2) is 4.79 Å². The van der Waals surface area contributed by atoms with E-state index in [1.54, 1.807) is 0 Å². The van der Waals surface area contributed by atoms with Gasteiger partial charge in [0.2, 0.25) is 0 Å². The molecular formula is C16H23NO3. The second-order valence-electron chi connectivity index (χ2n) is 6.29. The van der Waals surface area contributed by atoms with E-state index in [4.69, 9.17) is 4.74 Å². The number of hydrogen-bond donors (Lipinski definition) is 2. The van der Waals surface area contributed by atoms with Crippen molar-refractivity contribution in [2.24, 2.45) is 5.41 Å². The summed E-state index contributed by atoms with van der Waals surface area (Å²) < 4.78 is 5.22. The van der Waals surface area contributed by atoms with E-state index in [0.717, 1.165) is 12.0 Å². The Labute approximate surface area is 120 Å². The van der Waals surface area contributed by atoms with Gasteiger partial charge in [0.1, 0.15) is 6.61 Å². The Kier molecular flexibility index (Phi) is 4.04. The number of nitrogens with one attached hydrogen (secondary N) is 1. The van der Waals surface area contributed by atoms with Crippen LogP contribution in [-0.2, 0) is 11.3 Å². The molecule has 0 spiro atoms. The van der Waals surface area contributed by atoms with E-state index >= 15 is 0 Å². The van der Waals surface area contributed by atoms with E-state index in [1.165, 1.54) is 0 Å². The first-order valence-corrected chi connectivity index (χ1v) is 7.02. The first kappa shape index (κ1) is 14.9. The number of carbonyl (C=O) groups excluding carboxylic acids is 1. The number of carbonyl (C=O) groups is 1. The number of aliphatic hydroxyl groups is 1. The van der Waals surface area contributed by atoms with Gasteiger partial charge in [0.15, 0.2) is 0 Å². The number of ether oxygens (including phenoxy) is 1. The van der Waals surface area contributed by atoms with Crippen LogP contribution < -0.4 is 5.32 Å². The molecule has 2 atom stereocenters. The molecule has 4 heteroatoms. The van der Waals surface area contributed by atoms with Crippen molar-refractivity contribution in [3.63, 3.8) is 0 Å². The molecule has 2 rings (SSSR count). The largest absolute Gasteiger partial charge is 0.445 e. The van der Waals surface area contributed by atoms with Crippen molar-refractivity contribution in [1.29, 1.82) is 0 Å². The number of benzene rings is 1. The predicted octanol–water partition coefficient (Wildman–Crippen LogP) is 2.85. The zero-order valence-electron chi connectivity index (χ0n) is 12.3. The number of amides is 1. The minimum absolute atomic E-state index is 0.0687. The Morgan fingerprint density at radius 1 is 1.35 bits per heavy atom. The molecule has 0 heterocycles. The minimum atomic E-state index is -0.760. The molecule has 0 unspecified atom stereocenters. The molecule has 0 saturated heterocycles. The first-order chi connectivity index (χ1) is 9.33. The Morgan fingerprint density at radius 2 is 2.00 bits per heavy atom. The molecule has 0 aliphatic heterocycles. The van der Waals surface area contributed by atoms with Crippen LogP contribution in [0.3, 0.4) is 0 Å². The molecule has 110 valence electrons.